The normalized spacial score (nSPS) is 21.8. The van der Waals surface area contributed by atoms with Crippen LogP contribution in [0.15, 0.2) is 36.4 Å². The van der Waals surface area contributed by atoms with Crippen LogP contribution in [0, 0.1) is 5.92 Å². The predicted octanol–water partition coefficient (Wildman–Crippen LogP) is 5.29. The highest BCUT2D eigenvalue weighted by Gasteiger charge is 2.30. The number of likely N-dealkylation sites (N-methyl/N-ethyl adjacent to an activating group) is 1. The lowest BCUT2D eigenvalue weighted by Crippen LogP contribution is -2.47. The van der Waals surface area contributed by atoms with E-state index >= 15 is 0 Å². The van der Waals surface area contributed by atoms with Gasteiger partial charge in [0.25, 0.3) is 5.91 Å². The number of benzene rings is 2. The van der Waals surface area contributed by atoms with E-state index in [4.69, 9.17) is 32.7 Å². The van der Waals surface area contributed by atoms with Gasteiger partial charge in [-0.25, -0.2) is 8.42 Å². The number of sulfonamides is 1. The molecule has 0 bridgehead atoms. The number of carbonyl (C=O) groups is 1. The molecule has 1 amide bonds. The minimum Gasteiger partial charge on any atom is -0.490 e. The van der Waals surface area contributed by atoms with Crippen molar-refractivity contribution in [2.75, 3.05) is 44.3 Å². The number of nitrogens with zero attached hydrogens (tertiary/aromatic N) is 2. The van der Waals surface area contributed by atoms with Crippen LogP contribution in [0.2, 0.25) is 10.0 Å². The molecule has 0 aliphatic carbocycles. The second kappa shape index (κ2) is 15.6. The van der Waals surface area contributed by atoms with Gasteiger partial charge in [0.1, 0.15) is 5.75 Å². The van der Waals surface area contributed by atoms with Crippen LogP contribution in [0.1, 0.15) is 56.0 Å². The minimum atomic E-state index is -3.56. The van der Waals surface area contributed by atoms with Gasteiger partial charge in [0.05, 0.1) is 46.7 Å². The second-order valence-electron chi connectivity index (χ2n) is 11.3. The second-order valence-corrected chi connectivity index (χ2v) is 13.9. The lowest BCUT2D eigenvalue weighted by Gasteiger charge is -2.36. The number of anilines is 1. The van der Waals surface area contributed by atoms with E-state index in [9.17, 15) is 18.3 Å². The zero-order valence-electron chi connectivity index (χ0n) is 25.0. The number of aliphatic hydroxyl groups excluding tert-OH is 1. The standard InChI is InChI=1S/C30H43Cl2N3O6S/c1-20-16-35(21(2)19-36)30(37)25-15-24(33-42(5,38)39)10-12-28(25)41-22(3)8-6-7-13-40-29(20)18-34(4)17-23-9-11-26(31)27(32)14-23/h9-12,14-15,20-22,29,33,36H,6-8,13,16-19H2,1-5H3/t20-,21-,22+,29+/m1/s1. The molecule has 234 valence electrons. The number of halogens is 2. The summed E-state index contributed by atoms with van der Waals surface area (Å²) in [6.07, 6.45) is 3.17. The summed E-state index contributed by atoms with van der Waals surface area (Å²) in [5.74, 6) is -0.0777. The van der Waals surface area contributed by atoms with Crippen LogP contribution >= 0.6 is 23.2 Å². The van der Waals surface area contributed by atoms with Gasteiger partial charge in [0.2, 0.25) is 10.0 Å². The fourth-order valence-corrected chi connectivity index (χ4v) is 5.86. The quantitative estimate of drug-likeness (QED) is 0.402. The Bertz CT molecular complexity index is 1310. The molecule has 0 radical (unpaired) electrons. The summed E-state index contributed by atoms with van der Waals surface area (Å²) in [5.41, 5.74) is 1.52. The van der Waals surface area contributed by atoms with Crippen LogP contribution < -0.4 is 9.46 Å². The first-order valence-electron chi connectivity index (χ1n) is 14.2. The third-order valence-electron chi connectivity index (χ3n) is 7.28. The Kier molecular flexibility index (Phi) is 12.8. The van der Waals surface area contributed by atoms with Crippen molar-refractivity contribution < 1.29 is 27.8 Å². The van der Waals surface area contributed by atoms with Crippen molar-refractivity contribution in [3.8, 4) is 5.75 Å². The third kappa shape index (κ3) is 10.3. The maximum atomic E-state index is 14.1. The van der Waals surface area contributed by atoms with E-state index in [0.29, 0.717) is 42.0 Å². The van der Waals surface area contributed by atoms with Gasteiger partial charge < -0.3 is 19.5 Å². The molecule has 9 nitrogen and oxygen atoms in total. The molecule has 0 saturated heterocycles. The smallest absolute Gasteiger partial charge is 0.258 e. The molecule has 0 fully saturated rings. The monoisotopic (exact) mass is 643 g/mol. The van der Waals surface area contributed by atoms with Crippen molar-refractivity contribution in [1.29, 1.82) is 0 Å². The molecule has 2 N–H and O–H groups in total. The van der Waals surface area contributed by atoms with E-state index < -0.39 is 16.1 Å². The number of fused-ring (bicyclic) bond motifs is 1. The number of nitrogens with one attached hydrogen (secondary N) is 1. The highest BCUT2D eigenvalue weighted by Crippen LogP contribution is 2.29. The first kappa shape index (κ1) is 34.4. The summed E-state index contributed by atoms with van der Waals surface area (Å²) < 4.78 is 38.9. The minimum absolute atomic E-state index is 0.0947. The molecule has 0 saturated carbocycles. The van der Waals surface area contributed by atoms with Gasteiger partial charge >= 0.3 is 0 Å². The molecule has 1 aliphatic heterocycles. The maximum Gasteiger partial charge on any atom is 0.258 e. The molecule has 3 rings (SSSR count). The van der Waals surface area contributed by atoms with E-state index in [1.165, 1.54) is 6.07 Å². The van der Waals surface area contributed by atoms with Crippen LogP contribution in [0.25, 0.3) is 0 Å². The molecule has 0 aromatic heterocycles. The lowest BCUT2D eigenvalue weighted by atomic mass is 10.0. The van der Waals surface area contributed by atoms with E-state index in [2.05, 4.69) is 9.62 Å². The molecule has 2 aromatic rings. The Hall–Kier alpha value is -2.08. The Morgan fingerprint density at radius 3 is 2.55 bits per heavy atom. The van der Waals surface area contributed by atoms with Crippen molar-refractivity contribution in [2.24, 2.45) is 5.92 Å². The molecule has 1 heterocycles. The summed E-state index contributed by atoms with van der Waals surface area (Å²) >= 11 is 12.3. The molecule has 0 spiro atoms. The first-order valence-corrected chi connectivity index (χ1v) is 16.9. The summed E-state index contributed by atoms with van der Waals surface area (Å²) in [6.45, 7) is 7.65. The van der Waals surface area contributed by atoms with Crippen molar-refractivity contribution in [2.45, 2.75) is 64.8 Å². The summed E-state index contributed by atoms with van der Waals surface area (Å²) in [4.78, 5) is 17.9. The Labute approximate surface area is 260 Å². The zero-order chi connectivity index (χ0) is 31.0. The summed E-state index contributed by atoms with van der Waals surface area (Å²) in [5, 5.41) is 11.1. The summed E-state index contributed by atoms with van der Waals surface area (Å²) in [7, 11) is -1.55. The highest BCUT2D eigenvalue weighted by molar-refractivity contribution is 7.92. The van der Waals surface area contributed by atoms with Crippen molar-refractivity contribution in [1.82, 2.24) is 9.80 Å². The zero-order valence-corrected chi connectivity index (χ0v) is 27.3. The molecule has 42 heavy (non-hydrogen) atoms. The number of ether oxygens (including phenoxy) is 2. The van der Waals surface area contributed by atoms with Crippen LogP contribution in [-0.4, -0.2) is 87.1 Å². The van der Waals surface area contributed by atoms with E-state index in [1.807, 2.05) is 33.0 Å². The number of rotatable bonds is 8. The maximum absolute atomic E-state index is 14.1. The van der Waals surface area contributed by atoms with Crippen molar-refractivity contribution in [3.63, 3.8) is 0 Å². The molecule has 4 atom stereocenters. The van der Waals surface area contributed by atoms with E-state index in [1.54, 1.807) is 30.0 Å². The molecular weight excluding hydrogens is 601 g/mol. The highest BCUT2D eigenvalue weighted by atomic mass is 35.5. The average molecular weight is 645 g/mol. The lowest BCUT2D eigenvalue weighted by molar-refractivity contribution is -0.0177. The first-order chi connectivity index (χ1) is 19.8. The van der Waals surface area contributed by atoms with Gasteiger partial charge in [-0.3, -0.25) is 14.4 Å². The van der Waals surface area contributed by atoms with Gasteiger partial charge in [0, 0.05) is 37.8 Å². The van der Waals surface area contributed by atoms with Gasteiger partial charge in [-0.1, -0.05) is 36.2 Å². The van der Waals surface area contributed by atoms with Gasteiger partial charge in [-0.2, -0.15) is 0 Å². The molecule has 2 aromatic carbocycles. The fourth-order valence-electron chi connectivity index (χ4n) is 4.98. The van der Waals surface area contributed by atoms with E-state index in [0.717, 1.165) is 31.1 Å². The molecule has 12 heteroatoms. The van der Waals surface area contributed by atoms with Gasteiger partial charge in [0.15, 0.2) is 0 Å². The van der Waals surface area contributed by atoms with Gasteiger partial charge in [-0.15, -0.1) is 0 Å². The SMILES string of the molecule is C[C@@H]1CN([C@H](C)CO)C(=O)c2cc(NS(C)(=O)=O)ccc2O[C@@H](C)CCCCO[C@H]1CN(C)Cc1ccc(Cl)c(Cl)c1. The van der Waals surface area contributed by atoms with Crippen LogP contribution in [-0.2, 0) is 21.3 Å². The van der Waals surface area contributed by atoms with Crippen LogP contribution in [0.3, 0.4) is 0 Å². The average Bonchev–Trinajstić information content (AvgIpc) is 2.91. The summed E-state index contributed by atoms with van der Waals surface area (Å²) in [6, 6.07) is 9.79. The Morgan fingerprint density at radius 1 is 1.14 bits per heavy atom. The third-order valence-corrected chi connectivity index (χ3v) is 8.63. The number of amides is 1. The molecule has 1 aliphatic rings. The number of aliphatic hydroxyl groups is 1. The van der Waals surface area contributed by atoms with Crippen molar-refractivity contribution >= 4 is 44.8 Å². The molecule has 0 unspecified atom stereocenters. The van der Waals surface area contributed by atoms with Crippen LogP contribution in [0.4, 0.5) is 5.69 Å². The van der Waals surface area contributed by atoms with Crippen molar-refractivity contribution in [3.05, 3.63) is 57.6 Å². The predicted molar refractivity (Wildman–Crippen MR) is 168 cm³/mol. The Morgan fingerprint density at radius 2 is 1.88 bits per heavy atom. The number of carbonyl (C=O) groups excluding carboxylic acids is 1. The van der Waals surface area contributed by atoms with E-state index in [-0.39, 0.29) is 41.9 Å². The topological polar surface area (TPSA) is 108 Å². The number of hydrogen-bond acceptors (Lipinski definition) is 7. The number of hydrogen-bond donors (Lipinski definition) is 2. The fraction of sp³-hybridized carbons (Fsp3) is 0.567. The van der Waals surface area contributed by atoms with Crippen LogP contribution in [0.5, 0.6) is 5.75 Å². The molecular formula is C30H43Cl2N3O6S. The largest absolute Gasteiger partial charge is 0.490 e. The van der Waals surface area contributed by atoms with Gasteiger partial charge in [-0.05, 0) is 76.1 Å². The Balaban J connectivity index is 1.92.